The zero-order valence-electron chi connectivity index (χ0n) is 7.89. The second kappa shape index (κ2) is 4.14. The third kappa shape index (κ3) is 2.16. The van der Waals surface area contributed by atoms with Crippen molar-refractivity contribution in [1.29, 1.82) is 0 Å². The molecule has 2 aromatic rings. The van der Waals surface area contributed by atoms with Gasteiger partial charge in [-0.3, -0.25) is 0 Å². The Labute approximate surface area is 85.5 Å². The average molecular weight is 207 g/mol. The van der Waals surface area contributed by atoms with Crippen LogP contribution in [0.4, 0.5) is 4.39 Å². The predicted octanol–water partition coefficient (Wildman–Crippen LogP) is 0.581. The summed E-state index contributed by atoms with van der Waals surface area (Å²) in [5.74, 6) is 0.120. The quantitative estimate of drug-likeness (QED) is 0.771. The number of nitrogens with zero attached hydrogens (tertiary/aromatic N) is 3. The van der Waals surface area contributed by atoms with E-state index in [-0.39, 0.29) is 5.82 Å². The molecule has 0 aliphatic rings. The Bertz CT molecular complexity index is 428. The first-order valence-corrected chi connectivity index (χ1v) is 4.49. The summed E-state index contributed by atoms with van der Waals surface area (Å²) in [6, 6.07) is 6.05. The fourth-order valence-corrected chi connectivity index (χ4v) is 1.32. The molecule has 15 heavy (non-hydrogen) atoms. The number of benzene rings is 1. The summed E-state index contributed by atoms with van der Waals surface area (Å²) in [4.78, 5) is 0. The van der Waals surface area contributed by atoms with Crippen LogP contribution < -0.4 is 5.73 Å². The van der Waals surface area contributed by atoms with E-state index in [9.17, 15) is 4.39 Å². The van der Waals surface area contributed by atoms with Gasteiger partial charge in [0, 0.05) is 0 Å². The van der Waals surface area contributed by atoms with E-state index in [4.69, 9.17) is 5.73 Å². The topological polar surface area (TPSA) is 80.5 Å². The van der Waals surface area contributed by atoms with E-state index in [1.807, 2.05) is 0 Å². The molecule has 78 valence electrons. The lowest BCUT2D eigenvalue weighted by atomic mass is 10.1. The molecule has 0 saturated heterocycles. The lowest BCUT2D eigenvalue weighted by Crippen LogP contribution is -2.15. The molecule has 6 heteroatoms. The summed E-state index contributed by atoms with van der Waals surface area (Å²) in [6.07, 6.45) is 0.353. The molecule has 0 saturated carbocycles. The number of aromatic nitrogens is 4. The zero-order valence-corrected chi connectivity index (χ0v) is 7.89. The first-order chi connectivity index (χ1) is 7.27. The van der Waals surface area contributed by atoms with Gasteiger partial charge >= 0.3 is 0 Å². The van der Waals surface area contributed by atoms with Crippen molar-refractivity contribution in [2.24, 2.45) is 5.73 Å². The van der Waals surface area contributed by atoms with Gasteiger partial charge in [0.05, 0.1) is 6.04 Å². The maximum absolute atomic E-state index is 13.3. The lowest BCUT2D eigenvalue weighted by molar-refractivity contribution is 0.585. The van der Waals surface area contributed by atoms with Crippen LogP contribution in [0, 0.1) is 5.82 Å². The normalized spacial score (nSPS) is 12.7. The molecule has 0 radical (unpaired) electrons. The van der Waals surface area contributed by atoms with Crippen LogP contribution >= 0.6 is 0 Å². The molecule has 0 amide bonds. The van der Waals surface area contributed by atoms with Crippen molar-refractivity contribution in [2.45, 2.75) is 12.5 Å². The van der Waals surface area contributed by atoms with Crippen molar-refractivity contribution in [3.63, 3.8) is 0 Å². The largest absolute Gasteiger partial charge is 0.321 e. The van der Waals surface area contributed by atoms with Crippen LogP contribution in [0.2, 0.25) is 0 Å². The molecular formula is C9H10FN5. The Hall–Kier alpha value is -1.82. The molecule has 0 aliphatic carbocycles. The van der Waals surface area contributed by atoms with Crippen LogP contribution in [0.5, 0.6) is 0 Å². The molecule has 0 unspecified atom stereocenters. The van der Waals surface area contributed by atoms with E-state index in [0.29, 0.717) is 17.8 Å². The van der Waals surface area contributed by atoms with Gasteiger partial charge in [0.25, 0.3) is 0 Å². The molecule has 1 aromatic carbocycles. The van der Waals surface area contributed by atoms with E-state index in [0.717, 1.165) is 0 Å². The van der Waals surface area contributed by atoms with Crippen LogP contribution in [-0.4, -0.2) is 20.6 Å². The highest BCUT2D eigenvalue weighted by Gasteiger charge is 2.13. The third-order valence-corrected chi connectivity index (χ3v) is 2.09. The minimum atomic E-state index is -0.444. The number of aromatic amines is 1. The van der Waals surface area contributed by atoms with E-state index >= 15 is 0 Å². The standard InChI is InChI=1S/C9H10FN5/c10-7-4-2-1-3-6(7)5-8(11)9-12-14-15-13-9/h1-4,8H,5,11H2,(H,12,13,14,15)/t8-/m0/s1. The minimum absolute atomic E-state index is 0.267. The van der Waals surface area contributed by atoms with Crippen molar-refractivity contribution in [3.05, 3.63) is 41.5 Å². The van der Waals surface area contributed by atoms with Crippen molar-refractivity contribution < 1.29 is 4.39 Å². The number of nitrogens with two attached hydrogens (primary N) is 1. The first kappa shape index (κ1) is 9.72. The van der Waals surface area contributed by atoms with E-state index in [2.05, 4.69) is 20.6 Å². The number of hydrogen-bond donors (Lipinski definition) is 2. The Balaban J connectivity index is 2.13. The van der Waals surface area contributed by atoms with Crippen LogP contribution in [-0.2, 0) is 6.42 Å². The van der Waals surface area contributed by atoms with Gasteiger partial charge in [-0.05, 0) is 18.1 Å². The third-order valence-electron chi connectivity index (χ3n) is 2.09. The molecule has 1 heterocycles. The highest BCUT2D eigenvalue weighted by atomic mass is 19.1. The summed E-state index contributed by atoms with van der Waals surface area (Å²) < 4.78 is 13.3. The number of tetrazole rings is 1. The van der Waals surface area contributed by atoms with E-state index in [1.54, 1.807) is 18.2 Å². The van der Waals surface area contributed by atoms with Crippen molar-refractivity contribution >= 4 is 0 Å². The molecule has 5 nitrogen and oxygen atoms in total. The Morgan fingerprint density at radius 1 is 1.40 bits per heavy atom. The van der Waals surface area contributed by atoms with E-state index in [1.165, 1.54) is 6.07 Å². The van der Waals surface area contributed by atoms with Gasteiger partial charge in [0.2, 0.25) is 0 Å². The van der Waals surface area contributed by atoms with Crippen molar-refractivity contribution in [2.75, 3.05) is 0 Å². The fraction of sp³-hybridized carbons (Fsp3) is 0.222. The van der Waals surface area contributed by atoms with Gasteiger partial charge in [-0.1, -0.05) is 23.4 Å². The van der Waals surface area contributed by atoms with Gasteiger partial charge < -0.3 is 5.73 Å². The zero-order chi connectivity index (χ0) is 10.7. The summed E-state index contributed by atoms with van der Waals surface area (Å²) in [7, 11) is 0. The number of halogens is 1. The molecule has 2 rings (SSSR count). The van der Waals surface area contributed by atoms with Gasteiger partial charge in [-0.15, -0.1) is 10.2 Å². The van der Waals surface area contributed by atoms with Crippen molar-refractivity contribution in [1.82, 2.24) is 20.6 Å². The molecule has 1 atom stereocenters. The highest BCUT2D eigenvalue weighted by molar-refractivity contribution is 5.19. The Morgan fingerprint density at radius 3 is 2.87 bits per heavy atom. The maximum atomic E-state index is 13.3. The summed E-state index contributed by atoms with van der Waals surface area (Å²) in [6.45, 7) is 0. The predicted molar refractivity (Wildman–Crippen MR) is 51.2 cm³/mol. The molecule has 3 N–H and O–H groups in total. The second-order valence-electron chi connectivity index (χ2n) is 3.17. The Kier molecular flexibility index (Phi) is 2.68. The van der Waals surface area contributed by atoms with Crippen LogP contribution in [0.25, 0.3) is 0 Å². The minimum Gasteiger partial charge on any atom is -0.321 e. The monoisotopic (exact) mass is 207 g/mol. The van der Waals surface area contributed by atoms with Crippen LogP contribution in [0.15, 0.2) is 24.3 Å². The lowest BCUT2D eigenvalue weighted by Gasteiger charge is -2.07. The van der Waals surface area contributed by atoms with Gasteiger partial charge in [0.1, 0.15) is 5.82 Å². The van der Waals surface area contributed by atoms with Gasteiger partial charge in [-0.25, -0.2) is 4.39 Å². The molecule has 0 fully saturated rings. The number of H-pyrrole nitrogens is 1. The van der Waals surface area contributed by atoms with Gasteiger partial charge in [0.15, 0.2) is 5.82 Å². The molecule has 0 bridgehead atoms. The average Bonchev–Trinajstić information content (AvgIpc) is 2.74. The van der Waals surface area contributed by atoms with Crippen LogP contribution in [0.3, 0.4) is 0 Å². The number of nitrogens with one attached hydrogen (secondary N) is 1. The molecule has 1 aromatic heterocycles. The summed E-state index contributed by atoms with van der Waals surface area (Å²) in [5.41, 5.74) is 6.34. The second-order valence-corrected chi connectivity index (χ2v) is 3.17. The first-order valence-electron chi connectivity index (χ1n) is 4.49. The van der Waals surface area contributed by atoms with E-state index < -0.39 is 6.04 Å². The number of rotatable bonds is 3. The highest BCUT2D eigenvalue weighted by Crippen LogP contribution is 2.14. The molecule has 0 spiro atoms. The Morgan fingerprint density at radius 2 is 2.20 bits per heavy atom. The summed E-state index contributed by atoms with van der Waals surface area (Å²) >= 11 is 0. The smallest absolute Gasteiger partial charge is 0.191 e. The number of hydrogen-bond acceptors (Lipinski definition) is 4. The van der Waals surface area contributed by atoms with Crippen molar-refractivity contribution in [3.8, 4) is 0 Å². The molecule has 0 aliphatic heterocycles. The maximum Gasteiger partial charge on any atom is 0.191 e. The SMILES string of the molecule is N[C@@H](Cc1ccccc1F)c1nn[nH]n1. The van der Waals surface area contributed by atoms with Gasteiger partial charge in [-0.2, -0.15) is 5.21 Å². The fourth-order valence-electron chi connectivity index (χ4n) is 1.32. The molecular weight excluding hydrogens is 197 g/mol. The summed E-state index contributed by atoms with van der Waals surface area (Å²) in [5, 5.41) is 13.2. The van der Waals surface area contributed by atoms with Crippen LogP contribution in [0.1, 0.15) is 17.4 Å².